The van der Waals surface area contributed by atoms with E-state index in [2.05, 4.69) is 25.5 Å². The zero-order valence-electron chi connectivity index (χ0n) is 23.0. The summed E-state index contributed by atoms with van der Waals surface area (Å²) >= 11 is 6.77. The van der Waals surface area contributed by atoms with Crippen LogP contribution >= 0.6 is 11.6 Å². The van der Waals surface area contributed by atoms with Gasteiger partial charge in [-0.2, -0.15) is 4.98 Å². The van der Waals surface area contributed by atoms with E-state index in [1.165, 1.54) is 0 Å². The van der Waals surface area contributed by atoms with Crippen molar-refractivity contribution in [3.8, 4) is 22.4 Å². The molecule has 1 fully saturated rings. The molecule has 0 saturated carbocycles. The van der Waals surface area contributed by atoms with Gasteiger partial charge in [-0.3, -0.25) is 14.3 Å². The summed E-state index contributed by atoms with van der Waals surface area (Å²) in [5.41, 5.74) is 10.1. The molecule has 4 heterocycles. The van der Waals surface area contributed by atoms with Crippen molar-refractivity contribution in [1.82, 2.24) is 29.7 Å². The Kier molecular flexibility index (Phi) is 9.38. The summed E-state index contributed by atoms with van der Waals surface area (Å²) in [6.07, 6.45) is 4.37. The molecule has 10 heteroatoms. The number of pyridine rings is 2. The normalized spacial score (nSPS) is 14.1. The van der Waals surface area contributed by atoms with Gasteiger partial charge >= 0.3 is 0 Å². The molecule has 1 aliphatic rings. The van der Waals surface area contributed by atoms with E-state index in [0.717, 1.165) is 80.9 Å². The smallest absolute Gasteiger partial charge is 0.260 e. The van der Waals surface area contributed by atoms with Gasteiger partial charge in [-0.1, -0.05) is 29.8 Å². The molecule has 4 N–H and O–H groups in total. The van der Waals surface area contributed by atoms with E-state index in [9.17, 15) is 4.79 Å². The molecule has 1 aliphatic heterocycles. The van der Waals surface area contributed by atoms with Crippen LogP contribution in [0.25, 0.3) is 33.4 Å². The molecule has 1 aromatic carbocycles. The Hall–Kier alpha value is -3.37. The third-order valence-corrected chi connectivity index (χ3v) is 7.56. The molecule has 5 rings (SSSR count). The molecule has 40 heavy (non-hydrogen) atoms. The van der Waals surface area contributed by atoms with E-state index in [1.807, 2.05) is 49.4 Å². The van der Waals surface area contributed by atoms with Crippen molar-refractivity contribution in [2.75, 3.05) is 51.1 Å². The van der Waals surface area contributed by atoms with Crippen LogP contribution in [0.1, 0.15) is 25.0 Å². The van der Waals surface area contributed by atoms with Gasteiger partial charge in [0.1, 0.15) is 5.65 Å². The second-order valence-electron chi connectivity index (χ2n) is 10.2. The largest absolute Gasteiger partial charge is 0.354 e. The van der Waals surface area contributed by atoms with Gasteiger partial charge in [0.15, 0.2) is 0 Å². The fraction of sp³-hybridized carbons (Fsp3) is 0.400. The molecule has 9 nitrogen and oxygen atoms in total. The number of aromatic nitrogens is 4. The molecule has 0 bridgehead atoms. The lowest BCUT2D eigenvalue weighted by Gasteiger charge is -2.27. The van der Waals surface area contributed by atoms with Gasteiger partial charge in [-0.15, -0.1) is 0 Å². The van der Waals surface area contributed by atoms with Crippen molar-refractivity contribution in [3.05, 3.63) is 69.7 Å². The minimum Gasteiger partial charge on any atom is -0.354 e. The molecule has 210 valence electrons. The molecule has 0 atom stereocenters. The number of hydrogen-bond acceptors (Lipinski definition) is 8. The number of hydrogen-bond donors (Lipinski definition) is 3. The van der Waals surface area contributed by atoms with Crippen molar-refractivity contribution in [2.24, 2.45) is 5.73 Å². The van der Waals surface area contributed by atoms with Crippen LogP contribution in [0, 0.1) is 6.92 Å². The lowest BCUT2D eigenvalue weighted by molar-refractivity contribution is 0.240. The SMILES string of the molecule is Cc1cccc(-c2ccc(-c3cc4cnc(NCCCN5CCNCC5)nc4n(CCCCN)c3=O)c(Cl)c2)n1. The second-order valence-corrected chi connectivity index (χ2v) is 10.6. The maximum atomic E-state index is 13.8. The molecule has 0 amide bonds. The number of nitrogens with zero attached hydrogens (tertiary/aromatic N) is 5. The average Bonchev–Trinajstić information content (AvgIpc) is 2.97. The molecule has 1 saturated heterocycles. The van der Waals surface area contributed by atoms with Crippen LogP contribution < -0.4 is 21.9 Å². The Morgan fingerprint density at radius 3 is 2.65 bits per heavy atom. The highest BCUT2D eigenvalue weighted by atomic mass is 35.5. The first-order chi connectivity index (χ1) is 19.5. The van der Waals surface area contributed by atoms with Crippen molar-refractivity contribution in [1.29, 1.82) is 0 Å². The highest BCUT2D eigenvalue weighted by Gasteiger charge is 2.16. The van der Waals surface area contributed by atoms with Crippen molar-refractivity contribution < 1.29 is 0 Å². The van der Waals surface area contributed by atoms with Gasteiger partial charge in [0.05, 0.1) is 5.69 Å². The third-order valence-electron chi connectivity index (χ3n) is 7.25. The summed E-state index contributed by atoms with van der Waals surface area (Å²) in [7, 11) is 0. The summed E-state index contributed by atoms with van der Waals surface area (Å²) in [6, 6.07) is 13.4. The lowest BCUT2D eigenvalue weighted by Crippen LogP contribution is -2.44. The Morgan fingerprint density at radius 2 is 1.88 bits per heavy atom. The monoisotopic (exact) mass is 560 g/mol. The van der Waals surface area contributed by atoms with E-state index in [4.69, 9.17) is 22.3 Å². The molecule has 3 aromatic heterocycles. The number of rotatable bonds is 11. The first kappa shape index (κ1) is 28.2. The number of benzene rings is 1. The van der Waals surface area contributed by atoms with E-state index in [0.29, 0.717) is 40.8 Å². The molecular formula is C30H37ClN8O. The Morgan fingerprint density at radius 1 is 1.02 bits per heavy atom. The van der Waals surface area contributed by atoms with Crippen LogP contribution in [0.2, 0.25) is 5.02 Å². The molecule has 0 spiro atoms. The van der Waals surface area contributed by atoms with E-state index >= 15 is 0 Å². The lowest BCUT2D eigenvalue weighted by atomic mass is 10.0. The van der Waals surface area contributed by atoms with Gasteiger partial charge in [-0.25, -0.2) is 4.98 Å². The van der Waals surface area contributed by atoms with Gasteiger partial charge in [0, 0.05) is 78.3 Å². The molecular weight excluding hydrogens is 524 g/mol. The van der Waals surface area contributed by atoms with Crippen LogP contribution in [0.5, 0.6) is 0 Å². The van der Waals surface area contributed by atoms with E-state index in [1.54, 1.807) is 10.8 Å². The fourth-order valence-electron chi connectivity index (χ4n) is 5.09. The summed E-state index contributed by atoms with van der Waals surface area (Å²) in [5, 5.41) is 8.01. The maximum absolute atomic E-state index is 13.8. The number of fused-ring (bicyclic) bond motifs is 1. The van der Waals surface area contributed by atoms with Crippen LogP contribution in [-0.2, 0) is 6.54 Å². The third kappa shape index (κ3) is 6.67. The van der Waals surface area contributed by atoms with Crippen molar-refractivity contribution in [3.63, 3.8) is 0 Å². The van der Waals surface area contributed by atoms with Crippen LogP contribution in [0.4, 0.5) is 5.95 Å². The quantitative estimate of drug-likeness (QED) is 0.236. The average molecular weight is 561 g/mol. The molecule has 0 unspecified atom stereocenters. The number of nitrogens with two attached hydrogens (primary N) is 1. The second kappa shape index (κ2) is 13.3. The van der Waals surface area contributed by atoms with E-state index < -0.39 is 0 Å². The fourth-order valence-corrected chi connectivity index (χ4v) is 5.38. The predicted molar refractivity (Wildman–Crippen MR) is 163 cm³/mol. The minimum atomic E-state index is -0.129. The van der Waals surface area contributed by atoms with Gasteiger partial charge < -0.3 is 21.3 Å². The zero-order chi connectivity index (χ0) is 27.9. The van der Waals surface area contributed by atoms with Crippen LogP contribution in [0.3, 0.4) is 0 Å². The predicted octanol–water partition coefficient (Wildman–Crippen LogP) is 3.93. The number of anilines is 1. The topological polar surface area (TPSA) is 114 Å². The van der Waals surface area contributed by atoms with Crippen LogP contribution in [0.15, 0.2) is 53.5 Å². The van der Waals surface area contributed by atoms with Gasteiger partial charge in [-0.05, 0) is 63.5 Å². The van der Waals surface area contributed by atoms with Crippen molar-refractivity contribution >= 4 is 28.6 Å². The van der Waals surface area contributed by atoms with E-state index in [-0.39, 0.29) is 5.56 Å². The Labute approximate surface area is 239 Å². The summed E-state index contributed by atoms with van der Waals surface area (Å²) in [5.74, 6) is 0.528. The molecule has 0 aliphatic carbocycles. The number of piperazine rings is 1. The van der Waals surface area contributed by atoms with Gasteiger partial charge in [0.2, 0.25) is 5.95 Å². The maximum Gasteiger partial charge on any atom is 0.260 e. The number of unbranched alkanes of at least 4 members (excludes halogenated alkanes) is 1. The zero-order valence-corrected chi connectivity index (χ0v) is 23.8. The Balaban J connectivity index is 1.42. The first-order valence-electron chi connectivity index (χ1n) is 14.0. The van der Waals surface area contributed by atoms with Gasteiger partial charge in [0.25, 0.3) is 5.56 Å². The molecule has 4 aromatic rings. The van der Waals surface area contributed by atoms with Crippen molar-refractivity contribution in [2.45, 2.75) is 32.7 Å². The number of aryl methyl sites for hydroxylation is 2. The summed E-state index contributed by atoms with van der Waals surface area (Å²) in [4.78, 5) is 30.2. The minimum absolute atomic E-state index is 0.129. The summed E-state index contributed by atoms with van der Waals surface area (Å²) < 4.78 is 1.74. The van der Waals surface area contributed by atoms with Crippen LogP contribution in [-0.4, -0.2) is 70.2 Å². The Bertz CT molecular complexity index is 1520. The number of nitrogens with one attached hydrogen (secondary N) is 2. The molecule has 0 radical (unpaired) electrons. The standard InChI is InChI=1S/C30H37ClN8O/c1-21-6-4-7-27(36-21)22-8-9-24(26(31)19-22)25-18-23-20-35-30(34-11-5-14-38-16-12-33-13-17-38)37-28(23)39(29(25)40)15-3-2-10-32/h4,6-9,18-20,33H,2-3,5,10-17,32H2,1H3,(H,34,35,37). The highest BCUT2D eigenvalue weighted by Crippen LogP contribution is 2.31. The highest BCUT2D eigenvalue weighted by molar-refractivity contribution is 6.33. The first-order valence-corrected chi connectivity index (χ1v) is 14.4. The number of halogens is 1. The summed E-state index contributed by atoms with van der Waals surface area (Å²) in [6.45, 7) is 9.10.